The highest BCUT2D eigenvalue weighted by molar-refractivity contribution is 5.89. The van der Waals surface area contributed by atoms with Gasteiger partial charge in [0.25, 0.3) is 0 Å². The number of hydrogen-bond acceptors (Lipinski definition) is 5. The van der Waals surface area contributed by atoms with Crippen LogP contribution in [0.15, 0.2) is 24.3 Å². The van der Waals surface area contributed by atoms with Crippen molar-refractivity contribution in [2.75, 3.05) is 54.4 Å². The molecular weight excluding hydrogens is 383 g/mol. The van der Waals surface area contributed by atoms with E-state index in [1.54, 1.807) is 24.0 Å². The largest absolute Gasteiger partial charge is 0.356 e. The van der Waals surface area contributed by atoms with E-state index >= 15 is 0 Å². The number of carbonyl (C=O) groups excluding carboxylic acids is 1. The summed E-state index contributed by atoms with van der Waals surface area (Å²) in [6.45, 7) is 8.25. The van der Waals surface area contributed by atoms with Crippen LogP contribution in [0.25, 0.3) is 0 Å². The van der Waals surface area contributed by atoms with Crippen molar-refractivity contribution < 1.29 is 9.18 Å². The van der Waals surface area contributed by atoms with Crippen LogP contribution in [-0.2, 0) is 0 Å². The minimum Gasteiger partial charge on any atom is -0.356 e. The topological polar surface area (TPSA) is 64.6 Å². The molecule has 8 heteroatoms. The zero-order valence-electron chi connectivity index (χ0n) is 17.7. The fourth-order valence-electron chi connectivity index (χ4n) is 3.95. The van der Waals surface area contributed by atoms with Crippen LogP contribution in [0, 0.1) is 19.7 Å². The Morgan fingerprint density at radius 2 is 1.67 bits per heavy atom. The van der Waals surface area contributed by atoms with E-state index in [9.17, 15) is 9.18 Å². The van der Waals surface area contributed by atoms with Crippen LogP contribution in [0.2, 0.25) is 0 Å². The first-order chi connectivity index (χ1) is 14.5. The summed E-state index contributed by atoms with van der Waals surface area (Å²) in [5.74, 6) is 1.41. The Morgan fingerprint density at radius 1 is 0.933 bits per heavy atom. The van der Waals surface area contributed by atoms with Crippen molar-refractivity contribution in [2.24, 2.45) is 0 Å². The van der Waals surface area contributed by atoms with Crippen LogP contribution in [0.1, 0.15) is 30.5 Å². The molecule has 0 saturated carbocycles. The number of aryl methyl sites for hydroxylation is 2. The van der Waals surface area contributed by atoms with E-state index in [1.165, 1.54) is 25.3 Å². The van der Waals surface area contributed by atoms with E-state index in [4.69, 9.17) is 4.98 Å². The highest BCUT2D eigenvalue weighted by Crippen LogP contribution is 2.22. The lowest BCUT2D eigenvalue weighted by Gasteiger charge is -2.35. The molecule has 3 heterocycles. The van der Waals surface area contributed by atoms with E-state index in [0.29, 0.717) is 37.4 Å². The predicted molar refractivity (Wildman–Crippen MR) is 117 cm³/mol. The first-order valence-corrected chi connectivity index (χ1v) is 10.7. The van der Waals surface area contributed by atoms with Gasteiger partial charge in [-0.1, -0.05) is 6.07 Å². The number of nitrogens with one attached hydrogen (secondary N) is 1. The first-order valence-electron chi connectivity index (χ1n) is 10.7. The van der Waals surface area contributed by atoms with Crippen molar-refractivity contribution in [1.82, 2.24) is 14.9 Å². The number of amides is 2. The minimum absolute atomic E-state index is 0.211. The van der Waals surface area contributed by atoms with Gasteiger partial charge in [-0.2, -0.15) is 4.98 Å². The molecule has 2 fully saturated rings. The molecule has 2 aliphatic rings. The standard InChI is InChI=1S/C22H29FN6O/c1-16-6-7-18(15-19(16)23)25-22(30)29-12-10-28(11-13-29)21-24-17(2)14-20(26-21)27-8-4-3-5-9-27/h6-7,14-15H,3-5,8-13H2,1-2H3,(H,25,30). The van der Waals surface area contributed by atoms with Crippen LogP contribution in [-0.4, -0.2) is 60.2 Å². The lowest BCUT2D eigenvalue weighted by molar-refractivity contribution is 0.208. The Morgan fingerprint density at radius 3 is 2.37 bits per heavy atom. The molecule has 160 valence electrons. The van der Waals surface area contributed by atoms with Crippen molar-refractivity contribution >= 4 is 23.5 Å². The molecule has 2 aliphatic heterocycles. The third-order valence-electron chi connectivity index (χ3n) is 5.78. The van der Waals surface area contributed by atoms with Crippen molar-refractivity contribution in [1.29, 1.82) is 0 Å². The van der Waals surface area contributed by atoms with Crippen LogP contribution in [0.3, 0.4) is 0 Å². The highest BCUT2D eigenvalue weighted by Gasteiger charge is 2.24. The van der Waals surface area contributed by atoms with E-state index in [2.05, 4.69) is 26.2 Å². The summed E-state index contributed by atoms with van der Waals surface area (Å²) in [6, 6.07) is 6.58. The average molecular weight is 413 g/mol. The average Bonchev–Trinajstić information content (AvgIpc) is 2.76. The Labute approximate surface area is 176 Å². The first kappa shape index (κ1) is 20.4. The summed E-state index contributed by atoms with van der Waals surface area (Å²) in [6.07, 6.45) is 3.70. The molecule has 1 aromatic heterocycles. The molecule has 2 amide bonds. The van der Waals surface area contributed by atoms with Gasteiger partial charge in [0, 0.05) is 56.7 Å². The van der Waals surface area contributed by atoms with Gasteiger partial charge in [-0.3, -0.25) is 0 Å². The van der Waals surface area contributed by atoms with Crippen molar-refractivity contribution in [3.8, 4) is 0 Å². The Bertz CT molecular complexity index is 906. The Kier molecular flexibility index (Phi) is 6.01. The van der Waals surface area contributed by atoms with Gasteiger partial charge in [-0.25, -0.2) is 14.2 Å². The summed E-state index contributed by atoms with van der Waals surface area (Å²) in [5.41, 5.74) is 1.99. The number of piperazine rings is 1. The van der Waals surface area contributed by atoms with Crippen LogP contribution in [0.5, 0.6) is 0 Å². The number of hydrogen-bond donors (Lipinski definition) is 1. The number of nitrogens with zero attached hydrogens (tertiary/aromatic N) is 5. The van der Waals surface area contributed by atoms with Gasteiger partial charge in [-0.05, 0) is 50.8 Å². The molecule has 30 heavy (non-hydrogen) atoms. The summed E-state index contributed by atoms with van der Waals surface area (Å²) >= 11 is 0. The maximum Gasteiger partial charge on any atom is 0.321 e. The molecule has 0 unspecified atom stereocenters. The monoisotopic (exact) mass is 412 g/mol. The van der Waals surface area contributed by atoms with Gasteiger partial charge >= 0.3 is 6.03 Å². The fourth-order valence-corrected chi connectivity index (χ4v) is 3.95. The second kappa shape index (κ2) is 8.85. The van der Waals surface area contributed by atoms with Crippen LogP contribution < -0.4 is 15.1 Å². The molecule has 2 saturated heterocycles. The Balaban J connectivity index is 1.37. The summed E-state index contributed by atoms with van der Waals surface area (Å²) in [5, 5.41) is 2.79. The quantitative estimate of drug-likeness (QED) is 0.835. The maximum atomic E-state index is 13.7. The van der Waals surface area contributed by atoms with Gasteiger partial charge < -0.3 is 20.0 Å². The van der Waals surface area contributed by atoms with E-state index in [-0.39, 0.29) is 11.8 Å². The zero-order valence-corrected chi connectivity index (χ0v) is 17.7. The molecule has 0 atom stereocenters. The second-order valence-corrected chi connectivity index (χ2v) is 8.08. The highest BCUT2D eigenvalue weighted by atomic mass is 19.1. The molecule has 7 nitrogen and oxygen atoms in total. The normalized spacial score (nSPS) is 17.2. The number of benzene rings is 1. The maximum absolute atomic E-state index is 13.7. The molecular formula is C22H29FN6O. The van der Waals surface area contributed by atoms with Crippen molar-refractivity contribution in [3.05, 3.63) is 41.3 Å². The number of rotatable bonds is 3. The van der Waals surface area contributed by atoms with Gasteiger partial charge in [0.2, 0.25) is 5.95 Å². The molecule has 2 aromatic rings. The third kappa shape index (κ3) is 4.63. The number of anilines is 3. The van der Waals surface area contributed by atoms with Crippen LogP contribution >= 0.6 is 0 Å². The van der Waals surface area contributed by atoms with Crippen molar-refractivity contribution in [3.63, 3.8) is 0 Å². The van der Waals surface area contributed by atoms with Crippen LogP contribution in [0.4, 0.5) is 26.6 Å². The molecule has 1 aromatic carbocycles. The molecule has 4 rings (SSSR count). The van der Waals surface area contributed by atoms with E-state index < -0.39 is 0 Å². The zero-order chi connectivity index (χ0) is 21.1. The molecule has 0 radical (unpaired) electrons. The number of halogens is 1. The van der Waals surface area contributed by atoms with Gasteiger partial charge in [-0.15, -0.1) is 0 Å². The van der Waals surface area contributed by atoms with Gasteiger partial charge in [0.1, 0.15) is 11.6 Å². The number of piperidine rings is 1. The SMILES string of the molecule is Cc1cc(N2CCCCC2)nc(N2CCN(C(=O)Nc3ccc(C)c(F)c3)CC2)n1. The number of carbonyl (C=O) groups is 1. The lowest BCUT2D eigenvalue weighted by Crippen LogP contribution is -2.50. The second-order valence-electron chi connectivity index (χ2n) is 8.08. The predicted octanol–water partition coefficient (Wildman–Crippen LogP) is 3.58. The molecule has 0 bridgehead atoms. The van der Waals surface area contributed by atoms with E-state index in [0.717, 1.165) is 30.5 Å². The van der Waals surface area contributed by atoms with Gasteiger partial charge in [0.15, 0.2) is 0 Å². The number of aromatic nitrogens is 2. The fraction of sp³-hybridized carbons (Fsp3) is 0.500. The minimum atomic E-state index is -0.321. The number of urea groups is 1. The van der Waals surface area contributed by atoms with Crippen molar-refractivity contribution in [2.45, 2.75) is 33.1 Å². The lowest BCUT2D eigenvalue weighted by atomic mass is 10.1. The Hall–Kier alpha value is -2.90. The summed E-state index contributed by atoms with van der Waals surface area (Å²) in [7, 11) is 0. The van der Waals surface area contributed by atoms with Gasteiger partial charge in [0.05, 0.1) is 0 Å². The third-order valence-corrected chi connectivity index (χ3v) is 5.78. The smallest absolute Gasteiger partial charge is 0.321 e. The summed E-state index contributed by atoms with van der Waals surface area (Å²) < 4.78 is 13.7. The molecule has 0 aliphatic carbocycles. The molecule has 1 N–H and O–H groups in total. The summed E-state index contributed by atoms with van der Waals surface area (Å²) in [4.78, 5) is 28.2. The van der Waals surface area contributed by atoms with E-state index in [1.807, 2.05) is 6.92 Å². The molecule has 0 spiro atoms.